The van der Waals surface area contributed by atoms with Gasteiger partial charge in [-0.25, -0.2) is 0 Å². The van der Waals surface area contributed by atoms with Gasteiger partial charge in [0, 0.05) is 19.7 Å². The van der Waals surface area contributed by atoms with E-state index >= 15 is 0 Å². The Morgan fingerprint density at radius 2 is 2.11 bits per heavy atom. The van der Waals surface area contributed by atoms with Crippen LogP contribution in [0.2, 0.25) is 0 Å². The molecule has 0 aromatic carbocycles. The summed E-state index contributed by atoms with van der Waals surface area (Å²) in [4.78, 5) is 13.6. The number of nitrogens with one attached hydrogen (secondary N) is 1. The number of likely N-dealkylation sites (tertiary alicyclic amines) is 1. The highest BCUT2D eigenvalue weighted by Gasteiger charge is 2.24. The van der Waals surface area contributed by atoms with Crippen molar-refractivity contribution in [2.24, 2.45) is 0 Å². The number of hydrogen-bond donors (Lipinski definition) is 1. The molecule has 0 saturated carbocycles. The summed E-state index contributed by atoms with van der Waals surface area (Å²) >= 11 is 0. The van der Waals surface area contributed by atoms with Crippen molar-refractivity contribution >= 4 is 5.91 Å². The van der Waals surface area contributed by atoms with Crippen LogP contribution >= 0.6 is 0 Å². The topological polar surface area (TPSA) is 50.8 Å². The highest BCUT2D eigenvalue weighted by molar-refractivity contribution is 5.78. The Balaban J connectivity index is 1.61. The molecule has 1 amide bonds. The number of rotatable bonds is 5. The third kappa shape index (κ3) is 4.75. The largest absolute Gasteiger partial charge is 0.376 e. The Morgan fingerprint density at radius 3 is 2.74 bits per heavy atom. The van der Waals surface area contributed by atoms with Crippen molar-refractivity contribution in [3.8, 4) is 0 Å². The highest BCUT2D eigenvalue weighted by Crippen LogP contribution is 2.17. The van der Waals surface area contributed by atoms with Crippen LogP contribution in [-0.4, -0.2) is 62.9 Å². The third-order valence-corrected chi connectivity index (χ3v) is 3.91. The van der Waals surface area contributed by atoms with Crippen molar-refractivity contribution in [1.82, 2.24) is 10.2 Å². The molecule has 1 unspecified atom stereocenters. The van der Waals surface area contributed by atoms with E-state index in [0.29, 0.717) is 12.6 Å². The number of hydrogen-bond acceptors (Lipinski definition) is 4. The number of nitrogens with zero attached hydrogens (tertiary/aromatic N) is 1. The molecular formula is C14H26N2O3. The molecule has 0 aromatic rings. The summed E-state index contributed by atoms with van der Waals surface area (Å²) in [6.45, 7) is 3.66. The molecule has 0 radical (unpaired) electrons. The molecular weight excluding hydrogens is 244 g/mol. The van der Waals surface area contributed by atoms with Gasteiger partial charge in [0.15, 0.2) is 0 Å². The predicted octanol–water partition coefficient (Wildman–Crippen LogP) is 0.783. The van der Waals surface area contributed by atoms with Crippen LogP contribution in [0.4, 0.5) is 0 Å². The zero-order valence-corrected chi connectivity index (χ0v) is 11.9. The fourth-order valence-electron chi connectivity index (χ4n) is 2.72. The highest BCUT2D eigenvalue weighted by atomic mass is 16.5. The predicted molar refractivity (Wildman–Crippen MR) is 73.1 cm³/mol. The van der Waals surface area contributed by atoms with E-state index in [-0.39, 0.29) is 12.0 Å². The molecule has 5 heteroatoms. The normalized spacial score (nSPS) is 25.5. The number of piperidine rings is 1. The molecule has 5 nitrogen and oxygen atoms in total. The van der Waals surface area contributed by atoms with Crippen molar-refractivity contribution in [2.45, 2.75) is 44.3 Å². The fraction of sp³-hybridized carbons (Fsp3) is 0.929. The lowest BCUT2D eigenvalue weighted by Crippen LogP contribution is -2.44. The summed E-state index contributed by atoms with van der Waals surface area (Å²) in [6.07, 6.45) is 6.04. The van der Waals surface area contributed by atoms with E-state index in [4.69, 9.17) is 9.47 Å². The molecule has 19 heavy (non-hydrogen) atoms. The number of amides is 1. The Hall–Kier alpha value is -0.650. The molecule has 0 spiro atoms. The van der Waals surface area contributed by atoms with E-state index in [2.05, 4.69) is 5.32 Å². The van der Waals surface area contributed by atoms with Gasteiger partial charge in [-0.05, 0) is 39.2 Å². The molecule has 0 aliphatic carbocycles. The Bertz CT molecular complexity index is 272. The van der Waals surface area contributed by atoms with Gasteiger partial charge >= 0.3 is 0 Å². The van der Waals surface area contributed by atoms with Crippen LogP contribution in [0.25, 0.3) is 0 Å². The third-order valence-electron chi connectivity index (χ3n) is 3.91. The standard InChI is InChI=1S/C14H26N2O3/c1-15-10-14(17)16-7-5-12(6-8-16)19-11-13-4-2-3-9-18-13/h12-13,15H,2-11H2,1H3. The monoisotopic (exact) mass is 270 g/mol. The number of carbonyl (C=O) groups excluding carboxylic acids is 1. The second-order valence-corrected chi connectivity index (χ2v) is 5.43. The zero-order chi connectivity index (χ0) is 13.5. The minimum atomic E-state index is 0.191. The van der Waals surface area contributed by atoms with Crippen LogP contribution in [0.3, 0.4) is 0 Å². The van der Waals surface area contributed by atoms with Gasteiger partial charge in [-0.15, -0.1) is 0 Å². The number of likely N-dealkylation sites (N-methyl/N-ethyl adjacent to an activating group) is 1. The van der Waals surface area contributed by atoms with Crippen LogP contribution in [-0.2, 0) is 14.3 Å². The second-order valence-electron chi connectivity index (χ2n) is 5.43. The van der Waals surface area contributed by atoms with E-state index in [1.54, 1.807) is 7.05 Å². The van der Waals surface area contributed by atoms with Crippen LogP contribution in [0.15, 0.2) is 0 Å². The summed E-state index contributed by atoms with van der Waals surface area (Å²) in [7, 11) is 1.80. The summed E-state index contributed by atoms with van der Waals surface area (Å²) in [5.41, 5.74) is 0. The molecule has 1 N–H and O–H groups in total. The summed E-state index contributed by atoms with van der Waals surface area (Å²) in [5, 5.41) is 2.91. The first-order valence-corrected chi connectivity index (χ1v) is 7.45. The minimum absolute atomic E-state index is 0.191. The van der Waals surface area contributed by atoms with E-state index in [1.165, 1.54) is 12.8 Å². The van der Waals surface area contributed by atoms with Gasteiger partial charge in [-0.3, -0.25) is 4.79 Å². The molecule has 110 valence electrons. The number of carbonyl (C=O) groups is 1. The maximum absolute atomic E-state index is 11.7. The lowest BCUT2D eigenvalue weighted by Gasteiger charge is -2.33. The van der Waals surface area contributed by atoms with Crippen molar-refractivity contribution in [2.75, 3.05) is 39.9 Å². The SMILES string of the molecule is CNCC(=O)N1CCC(OCC2CCCCO2)CC1. The van der Waals surface area contributed by atoms with E-state index in [1.807, 2.05) is 4.90 Å². The molecule has 1 atom stereocenters. The van der Waals surface area contributed by atoms with E-state index in [0.717, 1.165) is 45.6 Å². The zero-order valence-electron chi connectivity index (χ0n) is 11.9. The first kappa shape index (κ1) is 14.8. The second kappa shape index (κ2) is 7.82. The van der Waals surface area contributed by atoms with Crippen molar-refractivity contribution in [1.29, 1.82) is 0 Å². The average Bonchev–Trinajstić information content (AvgIpc) is 2.47. The maximum atomic E-state index is 11.7. The van der Waals surface area contributed by atoms with Gasteiger partial charge in [0.05, 0.1) is 25.4 Å². The van der Waals surface area contributed by atoms with Crippen LogP contribution in [0.1, 0.15) is 32.1 Å². The Kier molecular flexibility index (Phi) is 6.07. The lowest BCUT2D eigenvalue weighted by molar-refractivity contribution is -0.133. The fourth-order valence-corrected chi connectivity index (χ4v) is 2.72. The molecule has 0 aromatic heterocycles. The smallest absolute Gasteiger partial charge is 0.236 e. The van der Waals surface area contributed by atoms with Gasteiger partial charge < -0.3 is 19.7 Å². The van der Waals surface area contributed by atoms with E-state index in [9.17, 15) is 4.79 Å². The van der Waals surface area contributed by atoms with Crippen molar-refractivity contribution in [3.05, 3.63) is 0 Å². The summed E-state index contributed by atoms with van der Waals surface area (Å²) in [5.74, 6) is 0.191. The first-order chi connectivity index (χ1) is 9.29. The van der Waals surface area contributed by atoms with Crippen molar-refractivity contribution in [3.63, 3.8) is 0 Å². The minimum Gasteiger partial charge on any atom is -0.376 e. The van der Waals surface area contributed by atoms with Crippen LogP contribution < -0.4 is 5.32 Å². The van der Waals surface area contributed by atoms with Gasteiger partial charge in [-0.1, -0.05) is 0 Å². The molecule has 2 aliphatic rings. The molecule has 2 heterocycles. The van der Waals surface area contributed by atoms with Crippen LogP contribution in [0, 0.1) is 0 Å². The van der Waals surface area contributed by atoms with E-state index < -0.39 is 0 Å². The van der Waals surface area contributed by atoms with Gasteiger partial charge in [0.1, 0.15) is 0 Å². The molecule has 2 saturated heterocycles. The molecule has 2 aliphatic heterocycles. The number of ether oxygens (including phenoxy) is 2. The molecule has 2 fully saturated rings. The lowest BCUT2D eigenvalue weighted by atomic mass is 10.1. The van der Waals surface area contributed by atoms with Crippen LogP contribution in [0.5, 0.6) is 0 Å². The van der Waals surface area contributed by atoms with Gasteiger partial charge in [0.2, 0.25) is 5.91 Å². The summed E-state index contributed by atoms with van der Waals surface area (Å²) in [6, 6.07) is 0. The molecule has 0 bridgehead atoms. The maximum Gasteiger partial charge on any atom is 0.236 e. The van der Waals surface area contributed by atoms with Gasteiger partial charge in [-0.2, -0.15) is 0 Å². The Labute approximate surface area is 115 Å². The average molecular weight is 270 g/mol. The Morgan fingerprint density at radius 1 is 1.32 bits per heavy atom. The molecule has 2 rings (SSSR count). The van der Waals surface area contributed by atoms with Crippen molar-refractivity contribution < 1.29 is 14.3 Å². The van der Waals surface area contributed by atoms with Gasteiger partial charge in [0.25, 0.3) is 0 Å². The first-order valence-electron chi connectivity index (χ1n) is 7.45. The quantitative estimate of drug-likeness (QED) is 0.802. The summed E-state index contributed by atoms with van der Waals surface area (Å²) < 4.78 is 11.6.